The second kappa shape index (κ2) is 4.99. The van der Waals surface area contributed by atoms with E-state index in [0.717, 1.165) is 28.9 Å². The quantitative estimate of drug-likeness (QED) is 0.750. The SMILES string of the molecule is C=C1Cc2ccc(OC(OC)C(C)C)cc2C1=C. The molecule has 1 aliphatic carbocycles. The summed E-state index contributed by atoms with van der Waals surface area (Å²) in [6, 6.07) is 6.10. The molecule has 0 amide bonds. The molecule has 0 N–H and O–H groups in total. The number of methoxy groups -OCH3 is 1. The Morgan fingerprint density at radius 1 is 1.22 bits per heavy atom. The monoisotopic (exact) mass is 244 g/mol. The minimum Gasteiger partial charge on any atom is -0.465 e. The van der Waals surface area contributed by atoms with Gasteiger partial charge in [0, 0.05) is 13.0 Å². The Bertz CT molecular complexity index is 486. The van der Waals surface area contributed by atoms with E-state index in [2.05, 4.69) is 33.1 Å². The first-order chi connectivity index (χ1) is 8.52. The average Bonchev–Trinajstić information content (AvgIpc) is 2.62. The van der Waals surface area contributed by atoms with Crippen LogP contribution in [0.15, 0.2) is 36.9 Å². The smallest absolute Gasteiger partial charge is 0.201 e. The lowest BCUT2D eigenvalue weighted by molar-refractivity contribution is -0.0833. The second-order valence-electron chi connectivity index (χ2n) is 5.04. The van der Waals surface area contributed by atoms with Gasteiger partial charge in [-0.2, -0.15) is 0 Å². The minimum absolute atomic E-state index is 0.221. The number of ether oxygens (including phenoxy) is 2. The fraction of sp³-hybridized carbons (Fsp3) is 0.375. The fourth-order valence-electron chi connectivity index (χ4n) is 2.18. The third-order valence-corrected chi connectivity index (χ3v) is 3.27. The number of benzene rings is 1. The van der Waals surface area contributed by atoms with Crippen molar-refractivity contribution in [3.8, 4) is 5.75 Å². The zero-order valence-corrected chi connectivity index (χ0v) is 11.3. The Morgan fingerprint density at radius 3 is 2.56 bits per heavy atom. The summed E-state index contributed by atoms with van der Waals surface area (Å²) in [5, 5.41) is 0. The molecule has 0 saturated heterocycles. The first kappa shape index (κ1) is 12.9. The molecule has 1 unspecified atom stereocenters. The van der Waals surface area contributed by atoms with Crippen LogP contribution in [-0.2, 0) is 11.2 Å². The first-order valence-corrected chi connectivity index (χ1v) is 6.22. The van der Waals surface area contributed by atoms with Gasteiger partial charge in [0.15, 0.2) is 0 Å². The van der Waals surface area contributed by atoms with Crippen LogP contribution in [0.1, 0.15) is 25.0 Å². The maximum atomic E-state index is 5.84. The lowest BCUT2D eigenvalue weighted by Gasteiger charge is -2.21. The van der Waals surface area contributed by atoms with E-state index in [9.17, 15) is 0 Å². The van der Waals surface area contributed by atoms with Gasteiger partial charge in [0.2, 0.25) is 6.29 Å². The molecule has 0 radical (unpaired) electrons. The summed E-state index contributed by atoms with van der Waals surface area (Å²) in [5.41, 5.74) is 4.54. The van der Waals surface area contributed by atoms with Gasteiger partial charge in [0.05, 0.1) is 0 Å². The predicted octanol–water partition coefficient (Wildman–Crippen LogP) is 3.82. The molecule has 1 atom stereocenters. The van der Waals surface area contributed by atoms with Crippen LogP contribution < -0.4 is 4.74 Å². The van der Waals surface area contributed by atoms with E-state index >= 15 is 0 Å². The molecule has 18 heavy (non-hydrogen) atoms. The molecule has 0 saturated carbocycles. The predicted molar refractivity (Wildman–Crippen MR) is 74.6 cm³/mol. The van der Waals surface area contributed by atoms with E-state index in [1.165, 1.54) is 5.56 Å². The third kappa shape index (κ3) is 2.34. The van der Waals surface area contributed by atoms with Crippen molar-refractivity contribution in [3.05, 3.63) is 48.1 Å². The number of hydrogen-bond acceptors (Lipinski definition) is 2. The van der Waals surface area contributed by atoms with E-state index in [1.807, 2.05) is 12.1 Å². The molecule has 0 fully saturated rings. The van der Waals surface area contributed by atoms with E-state index < -0.39 is 0 Å². The van der Waals surface area contributed by atoms with Crippen molar-refractivity contribution in [3.63, 3.8) is 0 Å². The van der Waals surface area contributed by atoms with Gasteiger partial charge in [-0.15, -0.1) is 0 Å². The summed E-state index contributed by atoms with van der Waals surface area (Å²) in [7, 11) is 1.67. The lowest BCUT2D eigenvalue weighted by atomic mass is 10.1. The normalized spacial score (nSPS) is 16.0. The van der Waals surface area contributed by atoms with Crippen molar-refractivity contribution >= 4 is 5.57 Å². The molecule has 2 heteroatoms. The molecule has 0 aliphatic heterocycles. The molecule has 1 aromatic rings. The van der Waals surface area contributed by atoms with Crippen LogP contribution in [0, 0.1) is 5.92 Å². The Morgan fingerprint density at radius 2 is 1.94 bits per heavy atom. The van der Waals surface area contributed by atoms with Gasteiger partial charge in [-0.3, -0.25) is 0 Å². The van der Waals surface area contributed by atoms with Crippen LogP contribution in [0.5, 0.6) is 5.75 Å². The van der Waals surface area contributed by atoms with Crippen LogP contribution in [-0.4, -0.2) is 13.4 Å². The summed E-state index contributed by atoms with van der Waals surface area (Å²) in [4.78, 5) is 0. The molecule has 2 rings (SSSR count). The molecule has 0 spiro atoms. The topological polar surface area (TPSA) is 18.5 Å². The summed E-state index contributed by atoms with van der Waals surface area (Å²) in [6.45, 7) is 12.2. The van der Waals surface area contributed by atoms with Crippen LogP contribution in [0.25, 0.3) is 5.57 Å². The maximum absolute atomic E-state index is 5.84. The van der Waals surface area contributed by atoms with Crippen molar-refractivity contribution in [2.45, 2.75) is 26.6 Å². The van der Waals surface area contributed by atoms with E-state index in [-0.39, 0.29) is 6.29 Å². The van der Waals surface area contributed by atoms with Crippen LogP contribution >= 0.6 is 0 Å². The van der Waals surface area contributed by atoms with Crippen LogP contribution in [0.4, 0.5) is 0 Å². The fourth-order valence-corrected chi connectivity index (χ4v) is 2.18. The van der Waals surface area contributed by atoms with Gasteiger partial charge < -0.3 is 9.47 Å². The highest BCUT2D eigenvalue weighted by molar-refractivity contribution is 5.84. The number of hydrogen-bond donors (Lipinski definition) is 0. The van der Waals surface area contributed by atoms with Crippen molar-refractivity contribution in [2.24, 2.45) is 5.92 Å². The van der Waals surface area contributed by atoms with Crippen molar-refractivity contribution in [2.75, 3.05) is 7.11 Å². The Labute approximate surface area is 109 Å². The van der Waals surface area contributed by atoms with Gasteiger partial charge in [-0.1, -0.05) is 33.1 Å². The molecule has 1 aliphatic rings. The summed E-state index contributed by atoms with van der Waals surface area (Å²) >= 11 is 0. The standard InChI is InChI=1S/C16H20O2/c1-10(2)16(17-5)18-14-7-6-13-8-11(3)12(4)15(13)9-14/h6-7,9-10,16H,3-4,8H2,1-2,5H3. The summed E-state index contributed by atoms with van der Waals surface area (Å²) in [5.74, 6) is 1.13. The highest BCUT2D eigenvalue weighted by Crippen LogP contribution is 2.36. The summed E-state index contributed by atoms with van der Waals surface area (Å²) < 4.78 is 11.2. The van der Waals surface area contributed by atoms with Gasteiger partial charge >= 0.3 is 0 Å². The Kier molecular flexibility index (Phi) is 3.58. The van der Waals surface area contributed by atoms with Gasteiger partial charge in [0.1, 0.15) is 5.75 Å². The maximum Gasteiger partial charge on any atom is 0.201 e. The Hall–Kier alpha value is -1.54. The van der Waals surface area contributed by atoms with Crippen molar-refractivity contribution in [1.29, 1.82) is 0 Å². The lowest BCUT2D eigenvalue weighted by Crippen LogP contribution is -2.25. The highest BCUT2D eigenvalue weighted by atomic mass is 16.7. The molecule has 0 heterocycles. The molecule has 96 valence electrons. The minimum atomic E-state index is -0.221. The summed E-state index contributed by atoms with van der Waals surface area (Å²) in [6.07, 6.45) is 0.674. The van der Waals surface area contributed by atoms with Crippen LogP contribution in [0.2, 0.25) is 0 Å². The molecule has 0 aromatic heterocycles. The average molecular weight is 244 g/mol. The zero-order chi connectivity index (χ0) is 13.3. The molecular formula is C16H20O2. The van der Waals surface area contributed by atoms with Crippen LogP contribution in [0.3, 0.4) is 0 Å². The Balaban J connectivity index is 2.23. The van der Waals surface area contributed by atoms with E-state index in [4.69, 9.17) is 9.47 Å². The number of fused-ring (bicyclic) bond motifs is 1. The molecule has 2 nitrogen and oxygen atoms in total. The third-order valence-electron chi connectivity index (χ3n) is 3.27. The molecule has 0 bridgehead atoms. The van der Waals surface area contributed by atoms with Crippen molar-refractivity contribution < 1.29 is 9.47 Å². The number of rotatable bonds is 4. The highest BCUT2D eigenvalue weighted by Gasteiger charge is 2.20. The van der Waals surface area contributed by atoms with E-state index in [1.54, 1.807) is 7.11 Å². The second-order valence-corrected chi connectivity index (χ2v) is 5.04. The van der Waals surface area contributed by atoms with Gasteiger partial charge in [-0.05, 0) is 40.8 Å². The largest absolute Gasteiger partial charge is 0.465 e. The molecule has 1 aromatic carbocycles. The van der Waals surface area contributed by atoms with E-state index in [0.29, 0.717) is 5.92 Å². The molecular weight excluding hydrogens is 224 g/mol. The van der Waals surface area contributed by atoms with Crippen molar-refractivity contribution in [1.82, 2.24) is 0 Å². The first-order valence-electron chi connectivity index (χ1n) is 6.22. The zero-order valence-electron chi connectivity index (χ0n) is 11.3. The number of allylic oxidation sites excluding steroid dienone is 2. The van der Waals surface area contributed by atoms with Gasteiger partial charge in [0.25, 0.3) is 0 Å². The van der Waals surface area contributed by atoms with Gasteiger partial charge in [-0.25, -0.2) is 0 Å².